The van der Waals surface area contributed by atoms with E-state index in [-0.39, 0.29) is 22.9 Å². The van der Waals surface area contributed by atoms with Crippen molar-refractivity contribution in [1.82, 2.24) is 5.43 Å². The highest BCUT2D eigenvalue weighted by atomic mass is 32.2. The number of methoxy groups -OCH3 is 2. The molecule has 0 aliphatic rings. The number of hydrogen-bond acceptors (Lipinski definition) is 9. The van der Waals surface area contributed by atoms with Gasteiger partial charge in [0, 0.05) is 18.2 Å². The summed E-state index contributed by atoms with van der Waals surface area (Å²) >= 11 is 0. The number of carbonyl (C=O) groups is 1. The Morgan fingerprint density at radius 1 is 0.932 bits per heavy atom. The van der Waals surface area contributed by atoms with Crippen LogP contribution in [0.5, 0.6) is 17.2 Å². The summed E-state index contributed by atoms with van der Waals surface area (Å²) in [5.41, 5.74) is 4.89. The Balaban J connectivity index is 1.43. The number of non-ortho nitro benzene ring substituents is 1. The zero-order valence-electron chi connectivity index (χ0n) is 24.2. The number of rotatable bonds is 13. The number of nitrogens with one attached hydrogen (secondary N) is 1. The van der Waals surface area contributed by atoms with E-state index < -0.39 is 27.4 Å². The van der Waals surface area contributed by atoms with Gasteiger partial charge in [-0.2, -0.15) is 5.10 Å². The van der Waals surface area contributed by atoms with Gasteiger partial charge in [-0.15, -0.1) is 0 Å². The smallest absolute Gasteiger partial charge is 0.269 e. The first-order valence-corrected chi connectivity index (χ1v) is 14.6. The molecule has 0 fully saturated rings. The van der Waals surface area contributed by atoms with Gasteiger partial charge in [-0.05, 0) is 78.7 Å². The highest BCUT2D eigenvalue weighted by molar-refractivity contribution is 7.92. The molecule has 228 valence electrons. The third-order valence-electron chi connectivity index (χ3n) is 6.39. The van der Waals surface area contributed by atoms with Gasteiger partial charge in [0.15, 0.2) is 11.5 Å². The van der Waals surface area contributed by atoms with Crippen LogP contribution in [0.15, 0.2) is 101 Å². The second kappa shape index (κ2) is 14.2. The molecule has 0 atom stereocenters. The molecule has 0 aromatic heterocycles. The minimum atomic E-state index is -4.14. The molecule has 1 amide bonds. The largest absolute Gasteiger partial charge is 0.493 e. The fourth-order valence-electron chi connectivity index (χ4n) is 4.01. The second-order valence-corrected chi connectivity index (χ2v) is 11.3. The van der Waals surface area contributed by atoms with Crippen LogP contribution in [0.2, 0.25) is 0 Å². The van der Waals surface area contributed by atoms with Crippen molar-refractivity contribution in [2.45, 2.75) is 18.4 Å². The zero-order valence-corrected chi connectivity index (χ0v) is 25.0. The Morgan fingerprint density at radius 2 is 1.59 bits per heavy atom. The van der Waals surface area contributed by atoms with Gasteiger partial charge in [-0.1, -0.05) is 17.7 Å². The monoisotopic (exact) mass is 618 g/mol. The number of amides is 1. The summed E-state index contributed by atoms with van der Waals surface area (Å²) in [4.78, 5) is 23.3. The third kappa shape index (κ3) is 7.89. The normalized spacial score (nSPS) is 11.2. The molecule has 4 rings (SSSR count). The number of anilines is 1. The lowest BCUT2D eigenvalue weighted by Crippen LogP contribution is -2.39. The number of nitro groups is 1. The fourth-order valence-corrected chi connectivity index (χ4v) is 5.42. The fraction of sp³-hybridized carbons (Fsp3) is 0.161. The van der Waals surface area contributed by atoms with Gasteiger partial charge >= 0.3 is 0 Å². The van der Waals surface area contributed by atoms with E-state index in [2.05, 4.69) is 10.5 Å². The van der Waals surface area contributed by atoms with Gasteiger partial charge in [0.05, 0.1) is 35.9 Å². The molecule has 1 N–H and O–H groups in total. The van der Waals surface area contributed by atoms with E-state index >= 15 is 0 Å². The summed E-state index contributed by atoms with van der Waals surface area (Å²) < 4.78 is 44.6. The molecule has 0 saturated heterocycles. The van der Waals surface area contributed by atoms with E-state index in [1.54, 1.807) is 54.6 Å². The van der Waals surface area contributed by atoms with Crippen molar-refractivity contribution in [3.8, 4) is 17.2 Å². The van der Waals surface area contributed by atoms with E-state index in [9.17, 15) is 23.3 Å². The Bertz CT molecular complexity index is 1740. The van der Waals surface area contributed by atoms with E-state index in [4.69, 9.17) is 14.2 Å². The Kier molecular flexibility index (Phi) is 10.1. The molecule has 0 radical (unpaired) electrons. The first-order chi connectivity index (χ1) is 21.1. The Morgan fingerprint density at radius 3 is 2.20 bits per heavy atom. The second-order valence-electron chi connectivity index (χ2n) is 9.44. The highest BCUT2D eigenvalue weighted by Crippen LogP contribution is 2.33. The van der Waals surface area contributed by atoms with Crippen LogP contribution in [0.4, 0.5) is 11.4 Å². The summed E-state index contributed by atoms with van der Waals surface area (Å²) in [5, 5.41) is 14.8. The Hall–Kier alpha value is -5.43. The van der Waals surface area contributed by atoms with Crippen LogP contribution in [0.25, 0.3) is 0 Å². The molecule has 12 nitrogen and oxygen atoms in total. The standard InChI is InChI=1S/C31H30N4O8S/c1-22-4-15-28(16-5-22)44(39,40)34(26-12-17-29(41-2)30(18-26)42-3)20-31(36)33-32-19-23-8-13-27(14-9-23)43-21-24-6-10-25(11-7-24)35(37)38/h4-19H,20-21H2,1-3H3,(H,33,36)/b32-19-. The molecule has 0 aliphatic heterocycles. The lowest BCUT2D eigenvalue weighted by molar-refractivity contribution is -0.384. The molecule has 0 heterocycles. The van der Waals surface area contributed by atoms with Gasteiger partial charge < -0.3 is 14.2 Å². The third-order valence-corrected chi connectivity index (χ3v) is 8.18. The van der Waals surface area contributed by atoms with Gasteiger partial charge in [0.1, 0.15) is 18.9 Å². The number of nitrogens with zero attached hydrogens (tertiary/aromatic N) is 3. The van der Waals surface area contributed by atoms with Gasteiger partial charge in [-0.25, -0.2) is 13.8 Å². The summed E-state index contributed by atoms with van der Waals surface area (Å²) in [6, 6.07) is 23.8. The molecule has 13 heteroatoms. The number of ether oxygens (including phenoxy) is 3. The number of carbonyl (C=O) groups excluding carboxylic acids is 1. The van der Waals surface area contributed by atoms with Crippen molar-refractivity contribution in [2.75, 3.05) is 25.1 Å². The highest BCUT2D eigenvalue weighted by Gasteiger charge is 2.28. The van der Waals surface area contributed by atoms with Crippen molar-refractivity contribution in [3.63, 3.8) is 0 Å². The number of aryl methyl sites for hydroxylation is 1. The van der Waals surface area contributed by atoms with E-state index in [0.717, 1.165) is 15.4 Å². The summed E-state index contributed by atoms with van der Waals surface area (Å²) in [5.74, 6) is 0.597. The average molecular weight is 619 g/mol. The van der Waals surface area contributed by atoms with Crippen molar-refractivity contribution >= 4 is 33.5 Å². The first kappa shape index (κ1) is 31.5. The Labute approximate surface area is 254 Å². The quantitative estimate of drug-likeness (QED) is 0.127. The summed E-state index contributed by atoms with van der Waals surface area (Å²) in [7, 11) is -1.25. The number of nitro benzene ring substituents is 1. The number of benzene rings is 4. The number of sulfonamides is 1. The van der Waals surface area contributed by atoms with Crippen LogP contribution in [-0.2, 0) is 21.4 Å². The number of hydrogen-bond donors (Lipinski definition) is 1. The van der Waals surface area contributed by atoms with Crippen LogP contribution in [0.3, 0.4) is 0 Å². The van der Waals surface area contributed by atoms with Crippen LogP contribution in [0, 0.1) is 17.0 Å². The lowest BCUT2D eigenvalue weighted by Gasteiger charge is -2.24. The van der Waals surface area contributed by atoms with E-state index in [1.807, 2.05) is 6.92 Å². The molecular weight excluding hydrogens is 588 g/mol. The van der Waals surface area contributed by atoms with E-state index in [1.165, 1.54) is 56.8 Å². The summed E-state index contributed by atoms with van der Waals surface area (Å²) in [6.45, 7) is 1.51. The summed E-state index contributed by atoms with van der Waals surface area (Å²) in [6.07, 6.45) is 1.41. The van der Waals surface area contributed by atoms with Crippen LogP contribution in [0.1, 0.15) is 16.7 Å². The molecule has 4 aromatic rings. The molecule has 44 heavy (non-hydrogen) atoms. The lowest BCUT2D eigenvalue weighted by atomic mass is 10.2. The van der Waals surface area contributed by atoms with Crippen molar-refractivity contribution in [3.05, 3.63) is 118 Å². The maximum Gasteiger partial charge on any atom is 0.269 e. The zero-order chi connectivity index (χ0) is 31.7. The van der Waals surface area contributed by atoms with Gasteiger partial charge in [0.2, 0.25) is 0 Å². The predicted molar refractivity (Wildman–Crippen MR) is 165 cm³/mol. The average Bonchev–Trinajstić information content (AvgIpc) is 3.03. The predicted octanol–water partition coefficient (Wildman–Crippen LogP) is 4.85. The molecule has 0 spiro atoms. The maximum atomic E-state index is 13.6. The molecular formula is C31H30N4O8S. The minimum Gasteiger partial charge on any atom is -0.493 e. The van der Waals surface area contributed by atoms with Crippen LogP contribution < -0.4 is 23.9 Å². The molecule has 0 saturated carbocycles. The molecule has 4 aromatic carbocycles. The maximum absolute atomic E-state index is 13.6. The molecule has 0 unspecified atom stereocenters. The number of hydrazone groups is 1. The van der Waals surface area contributed by atoms with Crippen LogP contribution in [-0.4, -0.2) is 46.2 Å². The SMILES string of the molecule is COc1ccc(N(CC(=O)N/N=C\c2ccc(OCc3ccc([N+](=O)[O-])cc3)cc2)S(=O)(=O)c2ccc(C)cc2)cc1OC. The van der Waals surface area contributed by atoms with Gasteiger partial charge in [-0.3, -0.25) is 19.2 Å². The van der Waals surface area contributed by atoms with Gasteiger partial charge in [0.25, 0.3) is 21.6 Å². The van der Waals surface area contributed by atoms with Crippen molar-refractivity contribution in [1.29, 1.82) is 0 Å². The van der Waals surface area contributed by atoms with Crippen molar-refractivity contribution < 1.29 is 32.3 Å². The topological polar surface area (TPSA) is 150 Å². The first-order valence-electron chi connectivity index (χ1n) is 13.2. The van der Waals surface area contributed by atoms with E-state index in [0.29, 0.717) is 22.8 Å². The van der Waals surface area contributed by atoms with Crippen LogP contribution >= 0.6 is 0 Å². The molecule has 0 bridgehead atoms. The minimum absolute atomic E-state index is 0.00560. The van der Waals surface area contributed by atoms with Crippen molar-refractivity contribution in [2.24, 2.45) is 5.10 Å². The molecule has 0 aliphatic carbocycles.